The lowest BCUT2D eigenvalue weighted by Crippen LogP contribution is -2.14. The molecule has 16 heavy (non-hydrogen) atoms. The largest absolute Gasteiger partial charge is 0.418 e. The summed E-state index contributed by atoms with van der Waals surface area (Å²) in [6, 6.07) is 0.582. The molecule has 0 unspecified atom stereocenters. The first-order valence-electron chi connectivity index (χ1n) is 4.02. The Balaban J connectivity index is 3.43. The van der Waals surface area contributed by atoms with Crippen LogP contribution in [0.25, 0.3) is 0 Å². The highest BCUT2D eigenvalue weighted by atomic mass is 79.9. The third kappa shape index (κ3) is 2.67. The van der Waals surface area contributed by atoms with Crippen molar-refractivity contribution < 1.29 is 22.0 Å². The highest BCUT2D eigenvalue weighted by Gasteiger charge is 2.37. The lowest BCUT2D eigenvalue weighted by atomic mass is 10.1. The number of aromatic nitrogens is 1. The SMILES string of the molecule is NCc1cc(C(F)(F)F)c(C(F)F)nc1Br. The van der Waals surface area contributed by atoms with Gasteiger partial charge in [0.15, 0.2) is 0 Å². The Kier molecular flexibility index (Phi) is 3.84. The number of rotatable bonds is 2. The summed E-state index contributed by atoms with van der Waals surface area (Å²) in [7, 11) is 0. The van der Waals surface area contributed by atoms with Crippen LogP contribution in [-0.2, 0) is 12.7 Å². The van der Waals surface area contributed by atoms with E-state index in [1.807, 2.05) is 0 Å². The van der Waals surface area contributed by atoms with Crippen LogP contribution in [0, 0.1) is 0 Å². The number of pyridine rings is 1. The van der Waals surface area contributed by atoms with E-state index in [0.717, 1.165) is 0 Å². The molecule has 90 valence electrons. The van der Waals surface area contributed by atoms with Crippen molar-refractivity contribution in [1.82, 2.24) is 4.98 Å². The van der Waals surface area contributed by atoms with Crippen LogP contribution in [0.4, 0.5) is 22.0 Å². The summed E-state index contributed by atoms with van der Waals surface area (Å²) in [6.45, 7) is -0.222. The average molecular weight is 305 g/mol. The van der Waals surface area contributed by atoms with E-state index in [2.05, 4.69) is 20.9 Å². The van der Waals surface area contributed by atoms with Gasteiger partial charge < -0.3 is 5.73 Å². The van der Waals surface area contributed by atoms with Gasteiger partial charge in [-0.05, 0) is 27.6 Å². The predicted molar refractivity (Wildman–Crippen MR) is 49.8 cm³/mol. The smallest absolute Gasteiger partial charge is 0.326 e. The van der Waals surface area contributed by atoms with E-state index in [1.165, 1.54) is 0 Å². The van der Waals surface area contributed by atoms with Gasteiger partial charge in [-0.25, -0.2) is 13.8 Å². The number of nitrogens with zero attached hydrogens (tertiary/aromatic N) is 1. The highest BCUT2D eigenvalue weighted by molar-refractivity contribution is 9.10. The molecule has 0 radical (unpaired) electrons. The Bertz CT molecular complexity index is 391. The van der Waals surface area contributed by atoms with Gasteiger partial charge in [0.1, 0.15) is 10.3 Å². The Hall–Kier alpha value is -0.760. The molecule has 0 aliphatic heterocycles. The monoisotopic (exact) mass is 304 g/mol. The van der Waals surface area contributed by atoms with Crippen LogP contribution in [0.2, 0.25) is 0 Å². The van der Waals surface area contributed by atoms with Crippen molar-refractivity contribution >= 4 is 15.9 Å². The second kappa shape index (κ2) is 4.62. The van der Waals surface area contributed by atoms with Gasteiger partial charge in [0, 0.05) is 6.54 Å². The number of nitrogens with two attached hydrogens (primary N) is 1. The zero-order chi connectivity index (χ0) is 12.5. The summed E-state index contributed by atoms with van der Waals surface area (Å²) >= 11 is 2.78. The number of hydrogen-bond donors (Lipinski definition) is 1. The van der Waals surface area contributed by atoms with Crippen molar-refractivity contribution in [2.45, 2.75) is 19.1 Å². The molecule has 1 aromatic rings. The minimum Gasteiger partial charge on any atom is -0.326 e. The van der Waals surface area contributed by atoms with Crippen molar-refractivity contribution in [1.29, 1.82) is 0 Å². The first-order chi connectivity index (χ1) is 7.27. The second-order valence-corrected chi connectivity index (χ2v) is 3.62. The van der Waals surface area contributed by atoms with E-state index < -0.39 is 23.9 Å². The highest BCUT2D eigenvalue weighted by Crippen LogP contribution is 2.37. The first-order valence-corrected chi connectivity index (χ1v) is 4.81. The zero-order valence-corrected chi connectivity index (χ0v) is 9.24. The molecule has 0 spiro atoms. The minimum absolute atomic E-state index is 0.0247. The summed E-state index contributed by atoms with van der Waals surface area (Å²) in [5, 5.41) is 0. The van der Waals surface area contributed by atoms with Gasteiger partial charge >= 0.3 is 6.18 Å². The molecule has 0 aliphatic rings. The van der Waals surface area contributed by atoms with Gasteiger partial charge in [-0.2, -0.15) is 13.2 Å². The van der Waals surface area contributed by atoms with Crippen LogP contribution in [0.1, 0.15) is 23.2 Å². The van der Waals surface area contributed by atoms with Crippen molar-refractivity contribution in [2.24, 2.45) is 5.73 Å². The van der Waals surface area contributed by atoms with Gasteiger partial charge in [-0.3, -0.25) is 0 Å². The van der Waals surface area contributed by atoms with Gasteiger partial charge in [-0.1, -0.05) is 0 Å². The fourth-order valence-corrected chi connectivity index (χ4v) is 1.55. The molecule has 1 aromatic heterocycles. The quantitative estimate of drug-likeness (QED) is 0.673. The molecule has 0 aromatic carbocycles. The van der Waals surface area contributed by atoms with E-state index in [9.17, 15) is 22.0 Å². The van der Waals surface area contributed by atoms with Crippen molar-refractivity contribution in [2.75, 3.05) is 0 Å². The minimum atomic E-state index is -4.87. The topological polar surface area (TPSA) is 38.9 Å². The molecule has 0 aliphatic carbocycles. The summed E-state index contributed by atoms with van der Waals surface area (Å²) in [6.07, 6.45) is -8.16. The molecule has 1 rings (SSSR count). The molecule has 0 bridgehead atoms. The Morgan fingerprint density at radius 3 is 2.31 bits per heavy atom. The number of alkyl halides is 5. The molecule has 1 heterocycles. The molecule has 0 fully saturated rings. The second-order valence-electron chi connectivity index (χ2n) is 2.87. The molecule has 2 N–H and O–H groups in total. The Morgan fingerprint density at radius 1 is 1.38 bits per heavy atom. The Labute approximate surface area is 95.8 Å². The number of halogens is 6. The van der Waals surface area contributed by atoms with E-state index in [-0.39, 0.29) is 16.7 Å². The maximum absolute atomic E-state index is 12.4. The maximum atomic E-state index is 12.4. The Morgan fingerprint density at radius 2 is 1.94 bits per heavy atom. The van der Waals surface area contributed by atoms with Gasteiger partial charge in [0.05, 0.1) is 5.56 Å². The van der Waals surface area contributed by atoms with Gasteiger partial charge in [0.25, 0.3) is 6.43 Å². The van der Waals surface area contributed by atoms with Crippen molar-refractivity contribution in [3.05, 3.63) is 27.5 Å². The van der Waals surface area contributed by atoms with Crippen molar-refractivity contribution in [3.8, 4) is 0 Å². The van der Waals surface area contributed by atoms with Crippen LogP contribution >= 0.6 is 15.9 Å². The molecule has 0 amide bonds. The number of hydrogen-bond acceptors (Lipinski definition) is 2. The molecular formula is C8H6BrF5N2. The molecule has 8 heteroatoms. The molecular weight excluding hydrogens is 299 g/mol. The van der Waals surface area contributed by atoms with Crippen LogP contribution < -0.4 is 5.73 Å². The zero-order valence-electron chi connectivity index (χ0n) is 7.65. The van der Waals surface area contributed by atoms with Crippen LogP contribution in [0.3, 0.4) is 0 Å². The normalized spacial score (nSPS) is 12.2. The summed E-state index contributed by atoms with van der Waals surface area (Å²) < 4.78 is 61.9. The fraction of sp³-hybridized carbons (Fsp3) is 0.375. The van der Waals surface area contributed by atoms with Crippen LogP contribution in [0.15, 0.2) is 10.7 Å². The van der Waals surface area contributed by atoms with Crippen LogP contribution in [0.5, 0.6) is 0 Å². The van der Waals surface area contributed by atoms with Gasteiger partial charge in [0.2, 0.25) is 0 Å². The lowest BCUT2D eigenvalue weighted by molar-refractivity contribution is -0.140. The standard InChI is InChI=1S/C8H6BrF5N2/c9-6-3(2-15)1-4(8(12,13)14)5(16-6)7(10)11/h1,7H,2,15H2. The summed E-state index contributed by atoms with van der Waals surface area (Å²) in [4.78, 5) is 3.18. The van der Waals surface area contributed by atoms with Gasteiger partial charge in [-0.15, -0.1) is 0 Å². The average Bonchev–Trinajstić information content (AvgIpc) is 2.15. The molecule has 0 saturated carbocycles. The third-order valence-corrected chi connectivity index (χ3v) is 2.50. The van der Waals surface area contributed by atoms with E-state index >= 15 is 0 Å². The summed E-state index contributed by atoms with van der Waals surface area (Å²) in [5.41, 5.74) is 2.44. The third-order valence-electron chi connectivity index (χ3n) is 1.81. The maximum Gasteiger partial charge on any atom is 0.418 e. The molecule has 0 saturated heterocycles. The first kappa shape index (κ1) is 13.3. The predicted octanol–water partition coefficient (Wildman–Crippen LogP) is 3.26. The van der Waals surface area contributed by atoms with E-state index in [4.69, 9.17) is 5.73 Å². The molecule has 0 atom stereocenters. The van der Waals surface area contributed by atoms with Crippen molar-refractivity contribution in [3.63, 3.8) is 0 Å². The fourth-order valence-electron chi connectivity index (χ4n) is 1.08. The lowest BCUT2D eigenvalue weighted by Gasteiger charge is -2.13. The molecule has 2 nitrogen and oxygen atoms in total. The summed E-state index contributed by atoms with van der Waals surface area (Å²) in [5.74, 6) is 0. The van der Waals surface area contributed by atoms with E-state index in [0.29, 0.717) is 6.07 Å². The van der Waals surface area contributed by atoms with Crippen LogP contribution in [-0.4, -0.2) is 4.98 Å². The van der Waals surface area contributed by atoms with E-state index in [1.54, 1.807) is 0 Å².